The van der Waals surface area contributed by atoms with Crippen molar-refractivity contribution >= 4 is 15.7 Å². The van der Waals surface area contributed by atoms with E-state index in [0.717, 1.165) is 18.5 Å². The molecule has 0 bridgehead atoms. The summed E-state index contributed by atoms with van der Waals surface area (Å²) in [6.45, 7) is 4.17. The number of hydrogen-bond acceptors (Lipinski definition) is 4. The molecule has 0 fully saturated rings. The SMILES string of the molecule is CCCNCCNC(=O)c1cccc(S(=O)(=O)Cc2ccccc2)c1. The summed E-state index contributed by atoms with van der Waals surface area (Å²) in [6, 6.07) is 15.2. The molecule has 0 unspecified atom stereocenters. The van der Waals surface area contributed by atoms with Gasteiger partial charge in [-0.15, -0.1) is 0 Å². The number of carbonyl (C=O) groups excluding carboxylic acids is 1. The van der Waals surface area contributed by atoms with Gasteiger partial charge in [0, 0.05) is 18.7 Å². The first-order valence-corrected chi connectivity index (χ1v) is 10.0. The highest BCUT2D eigenvalue weighted by Gasteiger charge is 2.17. The van der Waals surface area contributed by atoms with E-state index in [4.69, 9.17) is 0 Å². The highest BCUT2D eigenvalue weighted by Crippen LogP contribution is 2.17. The zero-order chi connectivity index (χ0) is 18.1. The van der Waals surface area contributed by atoms with Gasteiger partial charge in [0.1, 0.15) is 0 Å². The fraction of sp³-hybridized carbons (Fsp3) is 0.316. The molecule has 25 heavy (non-hydrogen) atoms. The molecule has 0 radical (unpaired) electrons. The largest absolute Gasteiger partial charge is 0.351 e. The third-order valence-corrected chi connectivity index (χ3v) is 5.35. The first-order valence-electron chi connectivity index (χ1n) is 8.38. The topological polar surface area (TPSA) is 75.3 Å². The molecular formula is C19H24N2O3S. The van der Waals surface area contributed by atoms with Crippen molar-refractivity contribution in [3.05, 3.63) is 65.7 Å². The van der Waals surface area contributed by atoms with Crippen LogP contribution < -0.4 is 10.6 Å². The van der Waals surface area contributed by atoms with Gasteiger partial charge in [-0.3, -0.25) is 4.79 Å². The molecule has 0 heterocycles. The maximum Gasteiger partial charge on any atom is 0.251 e. The quantitative estimate of drug-likeness (QED) is 0.673. The Bertz CT molecular complexity index is 789. The van der Waals surface area contributed by atoms with Gasteiger partial charge in [0.2, 0.25) is 0 Å². The van der Waals surface area contributed by atoms with E-state index in [0.29, 0.717) is 18.7 Å². The second kappa shape index (κ2) is 9.34. The zero-order valence-electron chi connectivity index (χ0n) is 14.4. The Balaban J connectivity index is 2.03. The normalized spacial score (nSPS) is 11.2. The highest BCUT2D eigenvalue weighted by atomic mass is 32.2. The first kappa shape index (κ1) is 19.1. The summed E-state index contributed by atoms with van der Waals surface area (Å²) in [5.74, 6) is -0.352. The molecule has 134 valence electrons. The number of benzene rings is 2. The van der Waals surface area contributed by atoms with Crippen molar-refractivity contribution in [3.8, 4) is 0 Å². The molecule has 5 nitrogen and oxygen atoms in total. The van der Waals surface area contributed by atoms with E-state index < -0.39 is 9.84 Å². The van der Waals surface area contributed by atoms with Crippen molar-refractivity contribution in [1.82, 2.24) is 10.6 Å². The van der Waals surface area contributed by atoms with Gasteiger partial charge in [0.25, 0.3) is 5.91 Å². The van der Waals surface area contributed by atoms with Crippen LogP contribution in [0.25, 0.3) is 0 Å². The van der Waals surface area contributed by atoms with Crippen LogP contribution >= 0.6 is 0 Å². The Hall–Kier alpha value is -2.18. The number of sulfone groups is 1. The maximum absolute atomic E-state index is 12.6. The van der Waals surface area contributed by atoms with Gasteiger partial charge in [-0.25, -0.2) is 8.42 Å². The summed E-state index contributed by atoms with van der Waals surface area (Å²) < 4.78 is 25.1. The molecule has 0 saturated heterocycles. The average molecular weight is 360 g/mol. The fourth-order valence-electron chi connectivity index (χ4n) is 2.38. The van der Waals surface area contributed by atoms with E-state index in [2.05, 4.69) is 17.6 Å². The molecule has 0 aromatic heterocycles. The van der Waals surface area contributed by atoms with Crippen LogP contribution in [0.2, 0.25) is 0 Å². The van der Waals surface area contributed by atoms with Crippen molar-refractivity contribution in [2.75, 3.05) is 19.6 Å². The molecule has 0 aliphatic heterocycles. The van der Waals surface area contributed by atoms with Crippen molar-refractivity contribution in [2.45, 2.75) is 24.0 Å². The minimum absolute atomic E-state index is 0.0835. The van der Waals surface area contributed by atoms with Gasteiger partial charge in [0.15, 0.2) is 9.84 Å². The molecular weight excluding hydrogens is 336 g/mol. The zero-order valence-corrected chi connectivity index (χ0v) is 15.2. The summed E-state index contributed by atoms with van der Waals surface area (Å²) in [4.78, 5) is 12.3. The van der Waals surface area contributed by atoms with Gasteiger partial charge < -0.3 is 10.6 Å². The lowest BCUT2D eigenvalue weighted by Gasteiger charge is -2.09. The predicted octanol–water partition coefficient (Wildman–Crippen LogP) is 2.39. The number of nitrogens with one attached hydrogen (secondary N) is 2. The second-order valence-corrected chi connectivity index (χ2v) is 7.77. The Morgan fingerprint density at radius 2 is 1.72 bits per heavy atom. The Labute approximate surface area is 149 Å². The monoisotopic (exact) mass is 360 g/mol. The molecule has 0 aliphatic carbocycles. The molecule has 6 heteroatoms. The van der Waals surface area contributed by atoms with Crippen molar-refractivity contribution in [3.63, 3.8) is 0 Å². The molecule has 1 amide bonds. The van der Waals surface area contributed by atoms with Crippen LogP contribution in [-0.4, -0.2) is 34.0 Å². The molecule has 2 rings (SSSR count). The number of hydrogen-bond donors (Lipinski definition) is 2. The Kier molecular flexibility index (Phi) is 7.16. The number of carbonyl (C=O) groups is 1. The van der Waals surface area contributed by atoms with Gasteiger partial charge >= 0.3 is 0 Å². The molecule has 2 aromatic carbocycles. The molecule has 0 saturated carbocycles. The van der Waals surface area contributed by atoms with Gasteiger partial charge in [-0.05, 0) is 36.7 Å². The maximum atomic E-state index is 12.6. The molecule has 0 atom stereocenters. The van der Waals surface area contributed by atoms with Crippen LogP contribution in [0, 0.1) is 0 Å². The van der Waals surface area contributed by atoms with E-state index >= 15 is 0 Å². The number of rotatable bonds is 9. The first-order chi connectivity index (χ1) is 12.0. The van der Waals surface area contributed by atoms with Gasteiger partial charge in [-0.2, -0.15) is 0 Å². The highest BCUT2D eigenvalue weighted by molar-refractivity contribution is 7.90. The lowest BCUT2D eigenvalue weighted by Crippen LogP contribution is -2.32. The molecule has 2 N–H and O–H groups in total. The Morgan fingerprint density at radius 3 is 2.44 bits per heavy atom. The van der Waals surface area contributed by atoms with Crippen molar-refractivity contribution < 1.29 is 13.2 Å². The van der Waals surface area contributed by atoms with E-state index in [1.54, 1.807) is 36.4 Å². The average Bonchev–Trinajstić information content (AvgIpc) is 2.62. The number of amides is 1. The second-order valence-electron chi connectivity index (χ2n) is 5.78. The third kappa shape index (κ3) is 5.99. The van der Waals surface area contributed by atoms with Crippen molar-refractivity contribution in [1.29, 1.82) is 0 Å². The van der Waals surface area contributed by atoms with Crippen LogP contribution in [0.4, 0.5) is 0 Å². The molecule has 0 aliphatic rings. The lowest BCUT2D eigenvalue weighted by atomic mass is 10.2. The van der Waals surface area contributed by atoms with E-state index in [-0.39, 0.29) is 16.6 Å². The standard InChI is InChI=1S/C19H24N2O3S/c1-2-11-20-12-13-21-19(22)17-9-6-10-18(14-17)25(23,24)15-16-7-4-3-5-8-16/h3-10,14,20H,2,11-13,15H2,1H3,(H,21,22). The summed E-state index contributed by atoms with van der Waals surface area (Å²) in [5, 5.41) is 5.98. The van der Waals surface area contributed by atoms with Crippen LogP contribution in [0.1, 0.15) is 29.3 Å². The summed E-state index contributed by atoms with van der Waals surface area (Å²) in [7, 11) is -3.49. The Morgan fingerprint density at radius 1 is 0.960 bits per heavy atom. The lowest BCUT2D eigenvalue weighted by molar-refractivity contribution is 0.0953. The minimum Gasteiger partial charge on any atom is -0.351 e. The minimum atomic E-state index is -3.49. The van der Waals surface area contributed by atoms with Gasteiger partial charge in [0.05, 0.1) is 10.6 Å². The van der Waals surface area contributed by atoms with Crippen LogP contribution in [0.3, 0.4) is 0 Å². The van der Waals surface area contributed by atoms with Crippen LogP contribution in [-0.2, 0) is 15.6 Å². The van der Waals surface area contributed by atoms with Crippen molar-refractivity contribution in [2.24, 2.45) is 0 Å². The molecule has 2 aromatic rings. The summed E-state index contributed by atoms with van der Waals surface area (Å²) in [5.41, 5.74) is 1.07. The van der Waals surface area contributed by atoms with Gasteiger partial charge in [-0.1, -0.05) is 43.3 Å². The van der Waals surface area contributed by atoms with Crippen LogP contribution in [0.15, 0.2) is 59.5 Å². The third-order valence-electron chi connectivity index (χ3n) is 3.67. The van der Waals surface area contributed by atoms with E-state index in [1.165, 1.54) is 12.1 Å². The van der Waals surface area contributed by atoms with E-state index in [9.17, 15) is 13.2 Å². The summed E-state index contributed by atoms with van der Waals surface area (Å²) in [6.07, 6.45) is 1.04. The smallest absolute Gasteiger partial charge is 0.251 e. The van der Waals surface area contributed by atoms with E-state index in [1.807, 2.05) is 6.07 Å². The predicted molar refractivity (Wildman–Crippen MR) is 99.3 cm³/mol. The molecule has 0 spiro atoms. The summed E-state index contributed by atoms with van der Waals surface area (Å²) >= 11 is 0. The van der Waals surface area contributed by atoms with Crippen LogP contribution in [0.5, 0.6) is 0 Å². The fourth-order valence-corrected chi connectivity index (χ4v) is 3.77.